The predicted octanol–water partition coefficient (Wildman–Crippen LogP) is 2.31. The highest BCUT2D eigenvalue weighted by Gasteiger charge is 2.17. The van der Waals surface area contributed by atoms with Gasteiger partial charge in [0.05, 0.1) is 0 Å². The molecule has 2 aliphatic rings. The maximum atomic E-state index is 12.3. The minimum absolute atomic E-state index is 0.0444. The lowest BCUT2D eigenvalue weighted by atomic mass is 9.93. The fraction of sp³-hybridized carbons (Fsp3) is 0.600. The van der Waals surface area contributed by atoms with E-state index in [0.29, 0.717) is 31.1 Å². The van der Waals surface area contributed by atoms with Gasteiger partial charge in [0, 0.05) is 36.9 Å². The Morgan fingerprint density at radius 1 is 1.04 bits per heavy atom. The van der Waals surface area contributed by atoms with Crippen LogP contribution >= 0.6 is 0 Å². The normalized spacial score (nSPS) is 19.1. The minimum Gasteiger partial charge on any atom is -0.381 e. The van der Waals surface area contributed by atoms with E-state index in [1.165, 1.54) is 0 Å². The fourth-order valence-electron chi connectivity index (χ4n) is 3.54. The molecule has 6 nitrogen and oxygen atoms in total. The van der Waals surface area contributed by atoms with Crippen molar-refractivity contribution >= 4 is 17.5 Å². The van der Waals surface area contributed by atoms with Crippen LogP contribution in [0.2, 0.25) is 0 Å². The standard InChI is InChI=1S/C20H29N3O3/c24-19(6-1-15-7-11-21-12-8-15)22-17-4-2-16(3-5-17)20(25)23-18-9-13-26-14-10-18/h2-5,15,18,21H,1,6-14H2,(H,22,24)(H,23,25). The van der Waals surface area contributed by atoms with Gasteiger partial charge in [0.1, 0.15) is 0 Å². The van der Waals surface area contributed by atoms with Gasteiger partial charge < -0.3 is 20.7 Å². The zero-order chi connectivity index (χ0) is 18.2. The monoisotopic (exact) mass is 359 g/mol. The lowest BCUT2D eigenvalue weighted by molar-refractivity contribution is -0.116. The van der Waals surface area contributed by atoms with Gasteiger partial charge >= 0.3 is 0 Å². The average Bonchev–Trinajstić information content (AvgIpc) is 2.68. The Balaban J connectivity index is 1.42. The van der Waals surface area contributed by atoms with E-state index in [9.17, 15) is 9.59 Å². The Morgan fingerprint density at radius 2 is 1.73 bits per heavy atom. The van der Waals surface area contributed by atoms with E-state index in [-0.39, 0.29) is 17.9 Å². The Hall–Kier alpha value is -1.92. The predicted molar refractivity (Wildman–Crippen MR) is 101 cm³/mol. The van der Waals surface area contributed by atoms with Crippen LogP contribution in [0.25, 0.3) is 0 Å². The van der Waals surface area contributed by atoms with Crippen molar-refractivity contribution in [3.8, 4) is 0 Å². The number of benzene rings is 1. The molecular weight excluding hydrogens is 330 g/mol. The molecule has 2 saturated heterocycles. The SMILES string of the molecule is O=C(CCC1CCNCC1)Nc1ccc(C(=O)NC2CCOCC2)cc1. The van der Waals surface area contributed by atoms with Gasteiger partial charge in [0.2, 0.25) is 5.91 Å². The van der Waals surface area contributed by atoms with E-state index >= 15 is 0 Å². The number of rotatable bonds is 6. The molecule has 2 amide bonds. The van der Waals surface area contributed by atoms with Gasteiger partial charge in [-0.15, -0.1) is 0 Å². The third-order valence-corrected chi connectivity index (χ3v) is 5.23. The first-order valence-electron chi connectivity index (χ1n) is 9.70. The van der Waals surface area contributed by atoms with Crippen LogP contribution in [0, 0.1) is 5.92 Å². The van der Waals surface area contributed by atoms with Crippen LogP contribution in [0.4, 0.5) is 5.69 Å². The molecular formula is C20H29N3O3. The fourth-order valence-corrected chi connectivity index (χ4v) is 3.54. The minimum atomic E-state index is -0.0688. The van der Waals surface area contributed by atoms with Crippen molar-refractivity contribution in [2.45, 2.75) is 44.6 Å². The van der Waals surface area contributed by atoms with Crippen LogP contribution in [-0.4, -0.2) is 44.2 Å². The van der Waals surface area contributed by atoms with Crippen LogP contribution in [0.1, 0.15) is 48.9 Å². The largest absolute Gasteiger partial charge is 0.381 e. The average molecular weight is 359 g/mol. The molecule has 0 saturated carbocycles. The van der Waals surface area contributed by atoms with Gasteiger partial charge in [-0.2, -0.15) is 0 Å². The maximum Gasteiger partial charge on any atom is 0.251 e. The molecule has 2 heterocycles. The number of carbonyl (C=O) groups excluding carboxylic acids is 2. The number of hydrogen-bond donors (Lipinski definition) is 3. The van der Waals surface area contributed by atoms with Gasteiger partial charge in [-0.1, -0.05) is 0 Å². The summed E-state index contributed by atoms with van der Waals surface area (Å²) in [7, 11) is 0. The highest BCUT2D eigenvalue weighted by Crippen LogP contribution is 2.18. The molecule has 2 fully saturated rings. The van der Waals surface area contributed by atoms with E-state index < -0.39 is 0 Å². The Bertz CT molecular complexity index is 591. The van der Waals surface area contributed by atoms with E-state index in [4.69, 9.17) is 4.74 Å². The number of amides is 2. The number of hydrogen-bond acceptors (Lipinski definition) is 4. The number of ether oxygens (including phenoxy) is 1. The summed E-state index contributed by atoms with van der Waals surface area (Å²) in [6.45, 7) is 3.52. The smallest absolute Gasteiger partial charge is 0.251 e. The number of anilines is 1. The molecule has 0 spiro atoms. The molecule has 6 heteroatoms. The van der Waals surface area contributed by atoms with E-state index in [0.717, 1.165) is 50.9 Å². The topological polar surface area (TPSA) is 79.5 Å². The summed E-state index contributed by atoms with van der Waals surface area (Å²) in [5.74, 6) is 0.627. The summed E-state index contributed by atoms with van der Waals surface area (Å²) < 4.78 is 5.30. The van der Waals surface area contributed by atoms with E-state index in [1.807, 2.05) is 0 Å². The van der Waals surface area contributed by atoms with Crippen molar-refractivity contribution < 1.29 is 14.3 Å². The zero-order valence-corrected chi connectivity index (χ0v) is 15.3. The van der Waals surface area contributed by atoms with Gasteiger partial charge in [-0.25, -0.2) is 0 Å². The first kappa shape index (κ1) is 18.9. The highest BCUT2D eigenvalue weighted by atomic mass is 16.5. The molecule has 0 aromatic heterocycles. The zero-order valence-electron chi connectivity index (χ0n) is 15.3. The first-order valence-corrected chi connectivity index (χ1v) is 9.70. The quantitative estimate of drug-likeness (QED) is 0.728. The summed E-state index contributed by atoms with van der Waals surface area (Å²) in [6, 6.07) is 7.29. The molecule has 0 unspecified atom stereocenters. The van der Waals surface area contributed by atoms with Crippen molar-refractivity contribution in [1.29, 1.82) is 0 Å². The molecule has 3 rings (SSSR count). The Kier molecular flexibility index (Phi) is 7.03. The Morgan fingerprint density at radius 3 is 2.42 bits per heavy atom. The van der Waals surface area contributed by atoms with Crippen LogP contribution in [-0.2, 0) is 9.53 Å². The second-order valence-electron chi connectivity index (χ2n) is 7.22. The molecule has 2 aliphatic heterocycles. The summed E-state index contributed by atoms with van der Waals surface area (Å²) in [5, 5.41) is 9.31. The van der Waals surface area contributed by atoms with Crippen molar-refractivity contribution in [3.63, 3.8) is 0 Å². The third kappa shape index (κ3) is 5.81. The van der Waals surface area contributed by atoms with Crippen LogP contribution < -0.4 is 16.0 Å². The molecule has 0 aliphatic carbocycles. The molecule has 1 aromatic carbocycles. The molecule has 1 aromatic rings. The lowest BCUT2D eigenvalue weighted by Gasteiger charge is -2.23. The van der Waals surface area contributed by atoms with Gasteiger partial charge in [-0.3, -0.25) is 9.59 Å². The molecule has 0 atom stereocenters. The second-order valence-corrected chi connectivity index (χ2v) is 7.22. The Labute approximate surface area is 155 Å². The summed E-state index contributed by atoms with van der Waals surface area (Å²) in [4.78, 5) is 24.4. The van der Waals surface area contributed by atoms with Crippen LogP contribution in [0.5, 0.6) is 0 Å². The van der Waals surface area contributed by atoms with Crippen molar-refractivity contribution in [2.24, 2.45) is 5.92 Å². The second kappa shape index (κ2) is 9.69. The number of carbonyl (C=O) groups is 2. The van der Waals surface area contributed by atoms with E-state index in [1.54, 1.807) is 24.3 Å². The van der Waals surface area contributed by atoms with Crippen molar-refractivity contribution in [1.82, 2.24) is 10.6 Å². The highest BCUT2D eigenvalue weighted by molar-refractivity contribution is 5.96. The summed E-state index contributed by atoms with van der Waals surface area (Å²) in [5.41, 5.74) is 1.35. The third-order valence-electron chi connectivity index (χ3n) is 5.23. The number of piperidine rings is 1. The maximum absolute atomic E-state index is 12.3. The summed E-state index contributed by atoms with van der Waals surface area (Å²) in [6.07, 6.45) is 5.53. The molecule has 3 N–H and O–H groups in total. The van der Waals surface area contributed by atoms with Gasteiger partial charge in [0.15, 0.2) is 0 Å². The molecule has 142 valence electrons. The molecule has 0 bridgehead atoms. The van der Waals surface area contributed by atoms with Crippen LogP contribution in [0.3, 0.4) is 0 Å². The van der Waals surface area contributed by atoms with Gasteiger partial charge in [0.25, 0.3) is 5.91 Å². The number of nitrogens with one attached hydrogen (secondary N) is 3. The molecule has 0 radical (unpaired) electrons. The van der Waals surface area contributed by atoms with E-state index in [2.05, 4.69) is 16.0 Å². The van der Waals surface area contributed by atoms with Crippen LogP contribution in [0.15, 0.2) is 24.3 Å². The summed E-state index contributed by atoms with van der Waals surface area (Å²) >= 11 is 0. The lowest BCUT2D eigenvalue weighted by Crippen LogP contribution is -2.38. The molecule has 26 heavy (non-hydrogen) atoms. The first-order chi connectivity index (χ1) is 12.7. The van der Waals surface area contributed by atoms with Crippen molar-refractivity contribution in [2.75, 3.05) is 31.6 Å². The van der Waals surface area contributed by atoms with Gasteiger partial charge in [-0.05, 0) is 75.4 Å². The van der Waals surface area contributed by atoms with Crippen molar-refractivity contribution in [3.05, 3.63) is 29.8 Å².